The Kier molecular flexibility index (Phi) is 12.5. The van der Waals surface area contributed by atoms with E-state index in [1.165, 1.54) is 64.2 Å². The minimum absolute atomic E-state index is 0.577. The van der Waals surface area contributed by atoms with Crippen LogP contribution < -0.4 is 0 Å². The Bertz CT molecular complexity index is 204. The molecule has 0 rings (SSSR count). The van der Waals surface area contributed by atoms with Crippen LogP contribution in [0, 0.1) is 5.21 Å². The zero-order chi connectivity index (χ0) is 15.3. The maximum atomic E-state index is 10.8. The number of unbranched alkanes of at least 4 members (excludes halogenated alkanes) is 11. The maximum absolute atomic E-state index is 10.8. The van der Waals surface area contributed by atoms with Gasteiger partial charge < -0.3 is 5.21 Å². The first kappa shape index (κ1) is 19.8. The van der Waals surface area contributed by atoms with Gasteiger partial charge in [0.05, 0.1) is 0 Å². The fourth-order valence-corrected chi connectivity index (χ4v) is 2.45. The van der Waals surface area contributed by atoms with Crippen LogP contribution in [0.5, 0.6) is 0 Å². The second kappa shape index (κ2) is 12.6. The lowest BCUT2D eigenvalue weighted by molar-refractivity contribution is -1.23. The zero-order valence-corrected chi connectivity index (χ0v) is 13.5. The molecule has 0 aliphatic rings. The average Bonchev–Trinajstić information content (AvgIpc) is 2.38. The molecule has 0 aromatic carbocycles. The van der Waals surface area contributed by atoms with E-state index in [2.05, 4.69) is 6.92 Å². The first-order valence-electron chi connectivity index (χ1n) is 8.53. The van der Waals surface area contributed by atoms with Crippen LogP contribution >= 0.6 is 0 Å². The van der Waals surface area contributed by atoms with Gasteiger partial charge in [0, 0.05) is 6.42 Å². The lowest BCUT2D eigenvalue weighted by Crippen LogP contribution is -2.42. The Balaban J connectivity index is 3.14. The average molecular weight is 289 g/mol. The molecule has 2 N–H and O–H groups in total. The molecule has 0 bridgehead atoms. The number of hydrogen-bond acceptors (Lipinski definition) is 3. The molecule has 0 fully saturated rings. The van der Waals surface area contributed by atoms with Crippen molar-refractivity contribution in [3.8, 4) is 0 Å². The van der Waals surface area contributed by atoms with Crippen LogP contribution in [0.25, 0.3) is 0 Å². The third-order valence-corrected chi connectivity index (χ3v) is 4.05. The molecule has 0 heterocycles. The van der Waals surface area contributed by atoms with Crippen molar-refractivity contribution >= 4 is 0 Å². The van der Waals surface area contributed by atoms with Crippen LogP contribution in [-0.4, -0.2) is 21.4 Å². The molecule has 1 unspecified atom stereocenters. The number of rotatable bonds is 14. The Morgan fingerprint density at radius 2 is 1.10 bits per heavy atom. The summed E-state index contributed by atoms with van der Waals surface area (Å²) in [7, 11) is 0. The first-order valence-corrected chi connectivity index (χ1v) is 8.53. The Morgan fingerprint density at radius 3 is 1.45 bits per heavy atom. The summed E-state index contributed by atoms with van der Waals surface area (Å²) in [6.07, 6.45) is 15.9. The highest BCUT2D eigenvalue weighted by atomic mass is 17.1. The lowest BCUT2D eigenvalue weighted by atomic mass is 10.0. The molecule has 20 heavy (non-hydrogen) atoms. The van der Waals surface area contributed by atoms with Crippen molar-refractivity contribution in [2.24, 2.45) is 0 Å². The molecule has 0 aromatic rings. The van der Waals surface area contributed by atoms with Crippen LogP contribution in [-0.2, 0) is 0 Å². The second-order valence-electron chi connectivity index (χ2n) is 6.12. The molecule has 122 valence electrons. The van der Waals surface area contributed by atoms with Crippen molar-refractivity contribution in [3.05, 3.63) is 5.21 Å². The van der Waals surface area contributed by atoms with Gasteiger partial charge in [0.2, 0.25) is 0 Å². The van der Waals surface area contributed by atoms with Gasteiger partial charge in [0.25, 0.3) is 0 Å². The third-order valence-electron chi connectivity index (χ3n) is 4.05. The maximum Gasteiger partial charge on any atom is 0.149 e. The van der Waals surface area contributed by atoms with Gasteiger partial charge in [0.1, 0.15) is 6.04 Å². The summed E-state index contributed by atoms with van der Waals surface area (Å²) < 4.78 is 0. The molecule has 0 radical (unpaired) electrons. The Hall–Kier alpha value is -0.160. The summed E-state index contributed by atoms with van der Waals surface area (Å²) in [5.41, 5.74) is 0. The summed E-state index contributed by atoms with van der Waals surface area (Å²) in [5, 5.41) is 28.4. The molecule has 0 saturated heterocycles. The molecule has 0 aromatic heterocycles. The second-order valence-corrected chi connectivity index (χ2v) is 6.12. The third kappa shape index (κ3) is 12.9. The Morgan fingerprint density at radius 1 is 0.750 bits per heavy atom. The monoisotopic (exact) mass is 289 g/mol. The van der Waals surface area contributed by atoms with E-state index in [9.17, 15) is 5.21 Å². The zero-order valence-electron chi connectivity index (χ0n) is 13.5. The van der Waals surface area contributed by atoms with Crippen molar-refractivity contribution in [3.63, 3.8) is 0 Å². The molecule has 0 amide bonds. The van der Waals surface area contributed by atoms with E-state index in [0.717, 1.165) is 12.8 Å². The van der Waals surface area contributed by atoms with E-state index < -0.39 is 11.0 Å². The summed E-state index contributed by atoms with van der Waals surface area (Å²) >= 11 is 0. The fourth-order valence-electron chi connectivity index (χ4n) is 2.45. The highest BCUT2D eigenvalue weighted by Gasteiger charge is 2.20. The lowest BCUT2D eigenvalue weighted by Gasteiger charge is -2.30. The highest BCUT2D eigenvalue weighted by molar-refractivity contribution is 4.52. The summed E-state index contributed by atoms with van der Waals surface area (Å²) in [5.74, 6) is 0. The van der Waals surface area contributed by atoms with Crippen molar-refractivity contribution in [1.82, 2.24) is 0 Å². The molecule has 0 aliphatic heterocycles. The van der Waals surface area contributed by atoms with Crippen molar-refractivity contribution in [2.75, 3.05) is 0 Å². The van der Waals surface area contributed by atoms with Gasteiger partial charge in [-0.15, -0.1) is 0 Å². The molecule has 4 nitrogen and oxygen atoms in total. The van der Waals surface area contributed by atoms with Crippen LogP contribution in [0.4, 0.5) is 0 Å². The largest absolute Gasteiger partial charge is 0.564 e. The van der Waals surface area contributed by atoms with Gasteiger partial charge in [-0.25, -0.2) is 0 Å². The van der Waals surface area contributed by atoms with E-state index in [1.807, 2.05) is 0 Å². The topological polar surface area (TPSA) is 63.5 Å². The van der Waals surface area contributed by atoms with Crippen molar-refractivity contribution < 1.29 is 15.4 Å². The quantitative estimate of drug-likeness (QED) is 0.250. The van der Waals surface area contributed by atoms with E-state index in [4.69, 9.17) is 10.4 Å². The molecular weight excluding hydrogens is 254 g/mol. The van der Waals surface area contributed by atoms with Gasteiger partial charge in [-0.3, -0.25) is 0 Å². The molecule has 0 spiro atoms. The molecule has 0 saturated carbocycles. The smallest absolute Gasteiger partial charge is 0.149 e. The predicted octanol–water partition coefficient (Wildman–Crippen LogP) is 5.56. The summed E-state index contributed by atoms with van der Waals surface area (Å²) in [6, 6.07) is -0.641. The molecule has 4 heteroatoms. The highest BCUT2D eigenvalue weighted by Crippen LogP contribution is 2.15. The first-order chi connectivity index (χ1) is 9.48. The number of quaternary nitrogens is 1. The number of hydrogen-bond donors (Lipinski definition) is 2. The fraction of sp³-hybridized carbons (Fsp3) is 1.00. The minimum atomic E-state index is -2.14. The van der Waals surface area contributed by atoms with E-state index >= 15 is 0 Å². The van der Waals surface area contributed by atoms with E-state index in [-0.39, 0.29) is 0 Å². The van der Waals surface area contributed by atoms with Crippen molar-refractivity contribution in [2.45, 2.75) is 103 Å². The molecular formula is C16H35NO3. The van der Waals surface area contributed by atoms with Crippen LogP contribution in [0.15, 0.2) is 0 Å². The summed E-state index contributed by atoms with van der Waals surface area (Å²) in [6.45, 7) is 3.82. The van der Waals surface area contributed by atoms with E-state index in [1.54, 1.807) is 6.92 Å². The van der Waals surface area contributed by atoms with E-state index in [0.29, 0.717) is 6.42 Å². The predicted molar refractivity (Wildman–Crippen MR) is 82.4 cm³/mol. The van der Waals surface area contributed by atoms with Crippen LogP contribution in [0.2, 0.25) is 0 Å². The van der Waals surface area contributed by atoms with Crippen molar-refractivity contribution in [1.29, 1.82) is 0 Å². The SMILES string of the molecule is CCCCCCCCCCCCCCC(C)[N+]([O-])(O)O. The molecule has 1 atom stereocenters. The van der Waals surface area contributed by atoms with Gasteiger partial charge in [-0.2, -0.15) is 10.4 Å². The number of nitrogens with zero attached hydrogens (tertiary/aromatic N) is 1. The number of hydroxylamine groups is 3. The molecule has 0 aliphatic carbocycles. The van der Waals surface area contributed by atoms with Gasteiger partial charge >= 0.3 is 0 Å². The van der Waals surface area contributed by atoms with Crippen LogP contribution in [0.3, 0.4) is 0 Å². The normalized spacial score (nSPS) is 13.7. The van der Waals surface area contributed by atoms with Gasteiger partial charge in [0.15, 0.2) is 0 Å². The van der Waals surface area contributed by atoms with Gasteiger partial charge in [-0.1, -0.05) is 82.5 Å². The Labute approximate surface area is 124 Å². The summed E-state index contributed by atoms with van der Waals surface area (Å²) in [4.78, 5) is -2.14. The van der Waals surface area contributed by atoms with Gasteiger partial charge in [-0.05, 0) is 13.3 Å². The minimum Gasteiger partial charge on any atom is -0.564 e. The van der Waals surface area contributed by atoms with Crippen LogP contribution in [0.1, 0.15) is 97.3 Å². The standard InChI is InChI=1S/C16H35NO3/c1-3-4-5-6-7-8-9-10-11-12-13-14-15-16(2)17(18,19)20/h16,18-19H,3-15H2,1-2H3.